The van der Waals surface area contributed by atoms with Crippen molar-refractivity contribution < 1.29 is 9.59 Å². The Kier molecular flexibility index (Phi) is 5.36. The number of amides is 2. The third kappa shape index (κ3) is 3.64. The van der Waals surface area contributed by atoms with Crippen LogP contribution in [0.4, 0.5) is 0 Å². The van der Waals surface area contributed by atoms with Crippen molar-refractivity contribution in [2.75, 3.05) is 19.6 Å². The van der Waals surface area contributed by atoms with Crippen LogP contribution in [0, 0.1) is 11.3 Å². The Labute approximate surface area is 175 Å². The molecule has 0 saturated carbocycles. The molecule has 0 spiro atoms. The van der Waals surface area contributed by atoms with Crippen LogP contribution in [-0.2, 0) is 16.0 Å². The van der Waals surface area contributed by atoms with E-state index in [9.17, 15) is 9.59 Å². The van der Waals surface area contributed by atoms with Crippen LogP contribution in [0.3, 0.4) is 0 Å². The zero-order chi connectivity index (χ0) is 19.9. The number of hydrogen-bond acceptors (Lipinski definition) is 4. The van der Waals surface area contributed by atoms with Crippen molar-refractivity contribution in [1.29, 1.82) is 0 Å². The minimum absolute atomic E-state index is 0.0201. The van der Waals surface area contributed by atoms with Crippen LogP contribution in [0.25, 0.3) is 0 Å². The molecule has 2 amide bonds. The van der Waals surface area contributed by atoms with Gasteiger partial charge in [0.05, 0.1) is 6.04 Å². The molecule has 0 N–H and O–H groups in total. The molecule has 1 saturated heterocycles. The van der Waals surface area contributed by atoms with Crippen LogP contribution >= 0.6 is 22.7 Å². The molecule has 150 valence electrons. The van der Waals surface area contributed by atoms with E-state index in [1.807, 2.05) is 25.7 Å². The van der Waals surface area contributed by atoms with Crippen molar-refractivity contribution >= 4 is 34.5 Å². The topological polar surface area (TPSA) is 40.6 Å². The third-order valence-electron chi connectivity index (χ3n) is 5.83. The second kappa shape index (κ2) is 7.64. The molecule has 4 heterocycles. The van der Waals surface area contributed by atoms with Gasteiger partial charge in [0.25, 0.3) is 0 Å². The van der Waals surface area contributed by atoms with Gasteiger partial charge in [0.15, 0.2) is 0 Å². The van der Waals surface area contributed by atoms with Crippen molar-refractivity contribution in [1.82, 2.24) is 9.80 Å². The van der Waals surface area contributed by atoms with E-state index in [2.05, 4.69) is 33.9 Å². The highest BCUT2D eigenvalue weighted by Gasteiger charge is 2.38. The summed E-state index contributed by atoms with van der Waals surface area (Å²) in [7, 11) is 0. The highest BCUT2D eigenvalue weighted by molar-refractivity contribution is 7.10. The third-order valence-corrected chi connectivity index (χ3v) is 7.76. The normalized spacial score (nSPS) is 20.9. The van der Waals surface area contributed by atoms with Gasteiger partial charge in [0.2, 0.25) is 11.8 Å². The second-order valence-electron chi connectivity index (χ2n) is 8.82. The largest absolute Gasteiger partial charge is 0.342 e. The number of rotatable bonds is 2. The maximum absolute atomic E-state index is 13.5. The van der Waals surface area contributed by atoms with Gasteiger partial charge in [-0.1, -0.05) is 26.8 Å². The number of nitrogens with zero attached hydrogens (tertiary/aromatic N) is 2. The molecule has 28 heavy (non-hydrogen) atoms. The smallest absolute Gasteiger partial charge is 0.227 e. The van der Waals surface area contributed by atoms with E-state index in [4.69, 9.17) is 0 Å². The summed E-state index contributed by atoms with van der Waals surface area (Å²) < 4.78 is 0. The Morgan fingerprint density at radius 3 is 2.43 bits per heavy atom. The molecule has 4 nitrogen and oxygen atoms in total. The molecule has 1 atom stereocenters. The highest BCUT2D eigenvalue weighted by atomic mass is 32.1. The van der Waals surface area contributed by atoms with Gasteiger partial charge in [-0.2, -0.15) is 0 Å². The van der Waals surface area contributed by atoms with Crippen LogP contribution in [0.5, 0.6) is 0 Å². The molecule has 1 unspecified atom stereocenters. The lowest BCUT2D eigenvalue weighted by Gasteiger charge is -2.40. The minimum Gasteiger partial charge on any atom is -0.342 e. The fraction of sp³-hybridized carbons (Fsp3) is 0.545. The Morgan fingerprint density at radius 2 is 1.79 bits per heavy atom. The minimum atomic E-state index is -0.358. The SMILES string of the molecule is CC(C)(C)C(=O)N1CCC(C(=O)N2CCc3sccc3C2c2cccs2)CC1. The van der Waals surface area contributed by atoms with Gasteiger partial charge in [-0.25, -0.2) is 0 Å². The fourth-order valence-electron chi connectivity index (χ4n) is 4.35. The molecule has 2 aromatic rings. The molecule has 6 heteroatoms. The zero-order valence-corrected chi connectivity index (χ0v) is 18.4. The van der Waals surface area contributed by atoms with Crippen LogP contribution < -0.4 is 0 Å². The first-order chi connectivity index (χ1) is 13.4. The molecule has 2 aliphatic rings. The van der Waals surface area contributed by atoms with Crippen molar-refractivity contribution in [3.8, 4) is 0 Å². The summed E-state index contributed by atoms with van der Waals surface area (Å²) in [6, 6.07) is 6.46. The van der Waals surface area contributed by atoms with Gasteiger partial charge in [-0.3, -0.25) is 9.59 Å². The highest BCUT2D eigenvalue weighted by Crippen LogP contribution is 2.40. The van der Waals surface area contributed by atoms with Gasteiger partial charge in [0, 0.05) is 40.7 Å². The quantitative estimate of drug-likeness (QED) is 0.720. The number of hydrogen-bond donors (Lipinski definition) is 0. The lowest BCUT2D eigenvalue weighted by atomic mass is 9.89. The van der Waals surface area contributed by atoms with Crippen LogP contribution in [0.15, 0.2) is 29.0 Å². The molecule has 4 rings (SSSR count). The van der Waals surface area contributed by atoms with Gasteiger partial charge < -0.3 is 9.80 Å². The maximum atomic E-state index is 13.5. The van der Waals surface area contributed by atoms with Crippen LogP contribution in [0.2, 0.25) is 0 Å². The fourth-order valence-corrected chi connectivity index (χ4v) is 6.10. The summed E-state index contributed by atoms with van der Waals surface area (Å²) in [5, 5.41) is 4.24. The maximum Gasteiger partial charge on any atom is 0.227 e. The predicted molar refractivity (Wildman–Crippen MR) is 115 cm³/mol. The van der Waals surface area contributed by atoms with Gasteiger partial charge >= 0.3 is 0 Å². The summed E-state index contributed by atoms with van der Waals surface area (Å²) in [6.07, 6.45) is 2.48. The molecular weight excluding hydrogens is 388 g/mol. The number of likely N-dealkylation sites (tertiary alicyclic amines) is 1. The first kappa shape index (κ1) is 19.6. The summed E-state index contributed by atoms with van der Waals surface area (Å²) in [5.74, 6) is 0.473. The number of piperidine rings is 1. The molecule has 1 fully saturated rings. The van der Waals surface area contributed by atoms with Crippen LogP contribution in [0.1, 0.15) is 55.0 Å². The average molecular weight is 417 g/mol. The monoisotopic (exact) mass is 416 g/mol. The Morgan fingerprint density at radius 1 is 1.04 bits per heavy atom. The number of fused-ring (bicyclic) bond motifs is 1. The summed E-state index contributed by atoms with van der Waals surface area (Å²) in [6.45, 7) is 8.05. The molecule has 0 radical (unpaired) electrons. The van der Waals surface area contributed by atoms with E-state index >= 15 is 0 Å². The Hall–Kier alpha value is -1.66. The van der Waals surface area contributed by atoms with Crippen molar-refractivity contribution in [3.63, 3.8) is 0 Å². The molecule has 2 aliphatic heterocycles. The number of carbonyl (C=O) groups excluding carboxylic acids is 2. The summed E-state index contributed by atoms with van der Waals surface area (Å²) >= 11 is 3.53. The Bertz CT molecular complexity index is 842. The van der Waals surface area contributed by atoms with Gasteiger partial charge in [-0.15, -0.1) is 22.7 Å². The lowest BCUT2D eigenvalue weighted by molar-refractivity contribution is -0.145. The first-order valence-electron chi connectivity index (χ1n) is 10.1. The first-order valence-corrected chi connectivity index (χ1v) is 11.8. The molecule has 0 aromatic carbocycles. The van der Waals surface area contributed by atoms with E-state index in [0.29, 0.717) is 13.1 Å². The van der Waals surface area contributed by atoms with Crippen molar-refractivity contribution in [2.45, 2.75) is 46.1 Å². The molecular formula is C22H28N2O2S2. The van der Waals surface area contributed by atoms with Crippen molar-refractivity contribution in [2.24, 2.45) is 11.3 Å². The second-order valence-corrected chi connectivity index (χ2v) is 10.8. The van der Waals surface area contributed by atoms with Gasteiger partial charge in [-0.05, 0) is 47.7 Å². The van der Waals surface area contributed by atoms with E-state index in [0.717, 1.165) is 25.8 Å². The summed E-state index contributed by atoms with van der Waals surface area (Å²) in [4.78, 5) is 32.7. The van der Waals surface area contributed by atoms with E-state index in [1.165, 1.54) is 15.3 Å². The van der Waals surface area contributed by atoms with E-state index in [1.54, 1.807) is 22.7 Å². The Balaban J connectivity index is 1.50. The van der Waals surface area contributed by atoms with Crippen LogP contribution in [-0.4, -0.2) is 41.2 Å². The van der Waals surface area contributed by atoms with E-state index < -0.39 is 0 Å². The van der Waals surface area contributed by atoms with Gasteiger partial charge in [0.1, 0.15) is 0 Å². The van der Waals surface area contributed by atoms with E-state index in [-0.39, 0.29) is 29.2 Å². The predicted octanol–water partition coefficient (Wildman–Crippen LogP) is 4.57. The zero-order valence-electron chi connectivity index (χ0n) is 16.8. The number of thiophene rings is 2. The number of carbonyl (C=O) groups is 2. The lowest BCUT2D eigenvalue weighted by Crippen LogP contribution is -2.49. The average Bonchev–Trinajstić information content (AvgIpc) is 3.37. The molecule has 0 bridgehead atoms. The molecule has 0 aliphatic carbocycles. The molecule has 2 aromatic heterocycles. The summed E-state index contributed by atoms with van der Waals surface area (Å²) in [5.41, 5.74) is 0.941. The van der Waals surface area contributed by atoms with Crippen molar-refractivity contribution in [3.05, 3.63) is 44.3 Å². The standard InChI is InChI=1S/C22H28N2O2S2/c1-22(2,3)21(26)23-10-6-15(7-11-23)20(25)24-12-8-17-16(9-14-28-17)19(24)18-5-4-13-27-18/h4-5,9,13-15,19H,6-8,10-12H2,1-3H3.